The highest BCUT2D eigenvalue weighted by atomic mass is 79.9. The van der Waals surface area contributed by atoms with Crippen molar-refractivity contribution in [2.24, 2.45) is 0 Å². The standard InChI is InChI=1S/C15H12BrFO4/c16-13-10(15(19)20)5-6-12(14(13)17)21-11-4-2-1-3-9(11)7-8-18/h1-6,18H,7-8H2,(H,19,20). The molecule has 6 heteroatoms. The second-order valence-corrected chi connectivity index (χ2v) is 5.02. The molecule has 0 amide bonds. The number of carboxylic acids is 1. The molecule has 2 aromatic carbocycles. The fourth-order valence-corrected chi connectivity index (χ4v) is 2.32. The first-order valence-corrected chi connectivity index (χ1v) is 6.91. The van der Waals surface area contributed by atoms with Crippen LogP contribution in [0.1, 0.15) is 15.9 Å². The van der Waals surface area contributed by atoms with Crippen LogP contribution in [0.25, 0.3) is 0 Å². The molecule has 4 nitrogen and oxygen atoms in total. The minimum atomic E-state index is -1.23. The molecule has 2 N–H and O–H groups in total. The van der Waals surface area contributed by atoms with Crippen molar-refractivity contribution in [2.45, 2.75) is 6.42 Å². The molecule has 21 heavy (non-hydrogen) atoms. The number of benzene rings is 2. The van der Waals surface area contributed by atoms with E-state index in [9.17, 15) is 9.18 Å². The van der Waals surface area contributed by atoms with Crippen molar-refractivity contribution in [2.75, 3.05) is 6.61 Å². The highest BCUT2D eigenvalue weighted by molar-refractivity contribution is 9.10. The van der Waals surface area contributed by atoms with E-state index in [1.807, 2.05) is 0 Å². The third kappa shape index (κ3) is 3.40. The van der Waals surface area contributed by atoms with Gasteiger partial charge in [0.05, 0.1) is 10.0 Å². The van der Waals surface area contributed by atoms with Crippen LogP contribution in [0.2, 0.25) is 0 Å². The van der Waals surface area contributed by atoms with E-state index in [0.717, 1.165) is 5.56 Å². The molecule has 0 unspecified atom stereocenters. The van der Waals surface area contributed by atoms with Crippen LogP contribution in [-0.4, -0.2) is 22.8 Å². The normalized spacial score (nSPS) is 10.4. The van der Waals surface area contributed by atoms with Crippen molar-refractivity contribution >= 4 is 21.9 Å². The third-order valence-electron chi connectivity index (χ3n) is 2.85. The Kier molecular flexibility index (Phi) is 4.93. The smallest absolute Gasteiger partial charge is 0.336 e. The highest BCUT2D eigenvalue weighted by Crippen LogP contribution is 2.33. The number of aliphatic hydroxyl groups is 1. The molecule has 0 heterocycles. The van der Waals surface area contributed by atoms with Gasteiger partial charge < -0.3 is 14.9 Å². The second-order valence-electron chi connectivity index (χ2n) is 4.23. The Bertz CT molecular complexity index is 673. The molecule has 0 fully saturated rings. The van der Waals surface area contributed by atoms with Crippen LogP contribution >= 0.6 is 15.9 Å². The number of carbonyl (C=O) groups is 1. The lowest BCUT2D eigenvalue weighted by Gasteiger charge is -2.12. The average molecular weight is 355 g/mol. The Morgan fingerprint density at radius 3 is 2.57 bits per heavy atom. The summed E-state index contributed by atoms with van der Waals surface area (Å²) in [7, 11) is 0. The number of ether oxygens (including phenoxy) is 1. The first-order chi connectivity index (χ1) is 10.0. The molecule has 0 bridgehead atoms. The number of hydrogen-bond donors (Lipinski definition) is 2. The summed E-state index contributed by atoms with van der Waals surface area (Å²) in [4.78, 5) is 10.9. The van der Waals surface area contributed by atoms with Gasteiger partial charge in [0.1, 0.15) is 5.75 Å². The summed E-state index contributed by atoms with van der Waals surface area (Å²) in [6.45, 7) is -0.0511. The number of carboxylic acid groups (broad SMARTS) is 1. The number of aromatic carboxylic acids is 1. The molecular formula is C15H12BrFO4. The fraction of sp³-hybridized carbons (Fsp3) is 0.133. The molecule has 0 atom stereocenters. The maximum atomic E-state index is 14.1. The van der Waals surface area contributed by atoms with Gasteiger partial charge in [-0.2, -0.15) is 0 Å². The van der Waals surface area contributed by atoms with Crippen LogP contribution in [0, 0.1) is 5.82 Å². The van der Waals surface area contributed by atoms with Gasteiger partial charge in [0.2, 0.25) is 0 Å². The number of rotatable bonds is 5. The molecule has 0 aromatic heterocycles. The van der Waals surface area contributed by atoms with Gasteiger partial charge in [-0.15, -0.1) is 0 Å². The Labute approximate surface area is 128 Å². The van der Waals surface area contributed by atoms with Gasteiger partial charge in [0, 0.05) is 6.61 Å². The van der Waals surface area contributed by atoms with Gasteiger partial charge in [-0.05, 0) is 46.1 Å². The van der Waals surface area contributed by atoms with Crippen molar-refractivity contribution in [1.29, 1.82) is 0 Å². The van der Waals surface area contributed by atoms with Crippen LogP contribution in [-0.2, 0) is 6.42 Å². The molecule has 0 saturated carbocycles. The van der Waals surface area contributed by atoms with Gasteiger partial charge in [-0.25, -0.2) is 9.18 Å². The predicted octanol–water partition coefficient (Wildman–Crippen LogP) is 3.61. The van der Waals surface area contributed by atoms with Crippen LogP contribution in [0.5, 0.6) is 11.5 Å². The van der Waals surface area contributed by atoms with E-state index in [-0.39, 0.29) is 22.4 Å². The van der Waals surface area contributed by atoms with Crippen LogP contribution < -0.4 is 4.74 Å². The summed E-state index contributed by atoms with van der Waals surface area (Å²) in [5.74, 6) is -1.68. The maximum absolute atomic E-state index is 14.1. The molecule has 0 spiro atoms. The zero-order valence-electron chi connectivity index (χ0n) is 10.8. The van der Waals surface area contributed by atoms with Crippen molar-refractivity contribution < 1.29 is 24.1 Å². The summed E-state index contributed by atoms with van der Waals surface area (Å²) >= 11 is 2.92. The number of aliphatic hydroxyl groups excluding tert-OH is 1. The molecule has 0 aliphatic carbocycles. The van der Waals surface area contributed by atoms with Gasteiger partial charge >= 0.3 is 5.97 Å². The minimum absolute atomic E-state index is 0.0511. The summed E-state index contributed by atoms with van der Waals surface area (Å²) < 4.78 is 19.5. The number of para-hydroxylation sites is 1. The molecule has 2 rings (SSSR count). The number of hydrogen-bond acceptors (Lipinski definition) is 3. The van der Waals surface area contributed by atoms with E-state index in [0.29, 0.717) is 12.2 Å². The lowest BCUT2D eigenvalue weighted by atomic mass is 10.1. The van der Waals surface area contributed by atoms with E-state index in [1.165, 1.54) is 12.1 Å². The lowest BCUT2D eigenvalue weighted by molar-refractivity contribution is 0.0695. The third-order valence-corrected chi connectivity index (χ3v) is 3.63. The molecular weight excluding hydrogens is 343 g/mol. The van der Waals surface area contributed by atoms with Crippen LogP contribution in [0.4, 0.5) is 4.39 Å². The SMILES string of the molecule is O=C(O)c1ccc(Oc2ccccc2CCO)c(F)c1Br. The summed E-state index contributed by atoms with van der Waals surface area (Å²) in [6, 6.07) is 9.47. The quantitative estimate of drug-likeness (QED) is 0.860. The Morgan fingerprint density at radius 2 is 1.90 bits per heavy atom. The Morgan fingerprint density at radius 1 is 1.19 bits per heavy atom. The maximum Gasteiger partial charge on any atom is 0.336 e. The summed E-state index contributed by atoms with van der Waals surface area (Å²) in [5, 5.41) is 17.9. The zero-order valence-corrected chi connectivity index (χ0v) is 12.4. The first kappa shape index (κ1) is 15.5. The molecule has 0 radical (unpaired) electrons. The first-order valence-electron chi connectivity index (χ1n) is 6.12. The van der Waals surface area contributed by atoms with E-state index in [4.69, 9.17) is 14.9 Å². The topological polar surface area (TPSA) is 66.8 Å². The molecule has 0 aliphatic rings. The van der Waals surface area contributed by atoms with E-state index >= 15 is 0 Å². The van der Waals surface area contributed by atoms with Gasteiger partial charge in [0.15, 0.2) is 11.6 Å². The summed E-state index contributed by atoms with van der Waals surface area (Å²) in [6.07, 6.45) is 0.381. The zero-order chi connectivity index (χ0) is 15.4. The molecule has 0 aliphatic heterocycles. The van der Waals surface area contributed by atoms with E-state index in [2.05, 4.69) is 15.9 Å². The van der Waals surface area contributed by atoms with Crippen molar-refractivity contribution in [3.05, 3.63) is 57.8 Å². The monoisotopic (exact) mass is 354 g/mol. The van der Waals surface area contributed by atoms with Crippen molar-refractivity contribution in [3.8, 4) is 11.5 Å². The molecule has 110 valence electrons. The second kappa shape index (κ2) is 6.69. The predicted molar refractivity (Wildman–Crippen MR) is 78.4 cm³/mol. The Hall–Kier alpha value is -1.92. The van der Waals surface area contributed by atoms with Gasteiger partial charge in [-0.3, -0.25) is 0 Å². The minimum Gasteiger partial charge on any atom is -0.478 e. The van der Waals surface area contributed by atoms with Crippen molar-refractivity contribution in [3.63, 3.8) is 0 Å². The molecule has 0 saturated heterocycles. The largest absolute Gasteiger partial charge is 0.478 e. The average Bonchev–Trinajstić information content (AvgIpc) is 2.46. The highest BCUT2D eigenvalue weighted by Gasteiger charge is 2.17. The fourth-order valence-electron chi connectivity index (χ4n) is 1.82. The number of halogens is 2. The van der Waals surface area contributed by atoms with Crippen molar-refractivity contribution in [1.82, 2.24) is 0 Å². The Balaban J connectivity index is 2.37. The van der Waals surface area contributed by atoms with E-state index in [1.54, 1.807) is 24.3 Å². The van der Waals surface area contributed by atoms with Crippen LogP contribution in [0.3, 0.4) is 0 Å². The van der Waals surface area contributed by atoms with E-state index < -0.39 is 11.8 Å². The molecule has 2 aromatic rings. The van der Waals surface area contributed by atoms with Gasteiger partial charge in [-0.1, -0.05) is 18.2 Å². The summed E-state index contributed by atoms with van der Waals surface area (Å²) in [5.41, 5.74) is 0.557. The van der Waals surface area contributed by atoms with Gasteiger partial charge in [0.25, 0.3) is 0 Å². The van der Waals surface area contributed by atoms with Crippen LogP contribution in [0.15, 0.2) is 40.9 Å². The lowest BCUT2D eigenvalue weighted by Crippen LogP contribution is -2.01.